The van der Waals surface area contributed by atoms with Crippen molar-refractivity contribution in [3.05, 3.63) is 42.1 Å². The second-order valence-corrected chi connectivity index (χ2v) is 4.01. The monoisotopic (exact) mass is 258 g/mol. The smallest absolute Gasteiger partial charge is 0.406 e. The Kier molecular flexibility index (Phi) is 3.47. The molecule has 2 rings (SSSR count). The van der Waals surface area contributed by atoms with Gasteiger partial charge >= 0.3 is 6.36 Å². The van der Waals surface area contributed by atoms with Gasteiger partial charge in [0.1, 0.15) is 5.75 Å². The van der Waals surface area contributed by atoms with Crippen molar-refractivity contribution >= 4 is 0 Å². The third-order valence-corrected chi connectivity index (χ3v) is 2.59. The van der Waals surface area contributed by atoms with Gasteiger partial charge in [-0.05, 0) is 17.7 Å². The lowest BCUT2D eigenvalue weighted by Crippen LogP contribution is -2.30. The van der Waals surface area contributed by atoms with Gasteiger partial charge in [-0.2, -0.15) is 0 Å². The van der Waals surface area contributed by atoms with Gasteiger partial charge in [-0.1, -0.05) is 18.2 Å². The van der Waals surface area contributed by atoms with Crippen LogP contribution < -0.4 is 4.74 Å². The highest BCUT2D eigenvalue weighted by Gasteiger charge is 2.30. The average molecular weight is 258 g/mol. The molecule has 0 aliphatic carbocycles. The topological polar surface area (TPSA) is 15.7 Å². The molecular weight excluding hydrogens is 245 g/mol. The maximum absolute atomic E-state index is 12.0. The van der Waals surface area contributed by atoms with Crippen LogP contribution >= 0.6 is 0 Å². The van der Waals surface area contributed by atoms with Crippen molar-refractivity contribution < 1.29 is 17.9 Å². The summed E-state index contributed by atoms with van der Waals surface area (Å²) in [4.78, 5) is 0. The van der Waals surface area contributed by atoms with Gasteiger partial charge in [0.25, 0.3) is 0 Å². The number of hydrogen-bond donors (Lipinski definition) is 0. The molecule has 0 N–H and O–H groups in total. The first-order valence-electron chi connectivity index (χ1n) is 5.43. The fraction of sp³-hybridized carbons (Fsp3) is 0.333. The summed E-state index contributed by atoms with van der Waals surface area (Å²) in [5.74, 6) is -0.198. The zero-order valence-corrected chi connectivity index (χ0v) is 9.81. The van der Waals surface area contributed by atoms with Crippen LogP contribution in [0.25, 0.3) is 0 Å². The molecule has 1 heterocycles. The Morgan fingerprint density at radius 2 is 1.89 bits per heavy atom. The number of halogens is 3. The fourth-order valence-electron chi connectivity index (χ4n) is 1.70. The van der Waals surface area contributed by atoms with Crippen LogP contribution in [0.2, 0.25) is 0 Å². The standard InChI is InChI=1S/C12H13F3N2O/c1-16-7-2-8-17(16)9-10-3-5-11(6-4-10)18-12(13,14)15/h2-6,8H,7,9H2,1H3. The second kappa shape index (κ2) is 4.89. The summed E-state index contributed by atoms with van der Waals surface area (Å²) in [5, 5.41) is 4.00. The number of likely N-dealkylation sites (N-methyl/N-ethyl adjacent to an activating group) is 1. The van der Waals surface area contributed by atoms with Crippen LogP contribution in [0.15, 0.2) is 36.5 Å². The number of hydrazine groups is 1. The normalized spacial score (nSPS) is 16.3. The number of nitrogens with zero attached hydrogens (tertiary/aromatic N) is 2. The van der Waals surface area contributed by atoms with Crippen LogP contribution in [-0.4, -0.2) is 30.0 Å². The highest BCUT2D eigenvalue weighted by molar-refractivity contribution is 5.27. The first-order valence-corrected chi connectivity index (χ1v) is 5.43. The van der Waals surface area contributed by atoms with Crippen LogP contribution in [0.3, 0.4) is 0 Å². The van der Waals surface area contributed by atoms with Gasteiger partial charge in [0.15, 0.2) is 0 Å². The van der Waals surface area contributed by atoms with Gasteiger partial charge in [0, 0.05) is 19.8 Å². The maximum atomic E-state index is 12.0. The molecule has 0 aromatic heterocycles. The lowest BCUT2D eigenvalue weighted by Gasteiger charge is -2.25. The molecule has 0 saturated carbocycles. The molecule has 1 aromatic rings. The van der Waals surface area contributed by atoms with Crippen molar-refractivity contribution in [1.82, 2.24) is 10.0 Å². The van der Waals surface area contributed by atoms with Crippen molar-refractivity contribution in [3.8, 4) is 5.75 Å². The average Bonchev–Trinajstić information content (AvgIpc) is 2.65. The molecule has 0 bridgehead atoms. The molecule has 6 heteroatoms. The van der Waals surface area contributed by atoms with Crippen LogP contribution in [0.4, 0.5) is 13.2 Å². The van der Waals surface area contributed by atoms with E-state index in [1.165, 1.54) is 12.1 Å². The number of hydrogen-bond acceptors (Lipinski definition) is 3. The summed E-state index contributed by atoms with van der Waals surface area (Å²) in [7, 11) is 1.95. The zero-order chi connectivity index (χ0) is 13.2. The lowest BCUT2D eigenvalue weighted by atomic mass is 10.2. The van der Waals surface area contributed by atoms with Gasteiger partial charge in [0.2, 0.25) is 0 Å². The molecule has 0 radical (unpaired) electrons. The fourth-order valence-corrected chi connectivity index (χ4v) is 1.70. The van der Waals surface area contributed by atoms with Crippen molar-refractivity contribution in [1.29, 1.82) is 0 Å². The van der Waals surface area contributed by atoms with E-state index >= 15 is 0 Å². The molecule has 1 aliphatic rings. The van der Waals surface area contributed by atoms with E-state index < -0.39 is 6.36 Å². The van der Waals surface area contributed by atoms with Crippen molar-refractivity contribution in [2.24, 2.45) is 0 Å². The number of ether oxygens (including phenoxy) is 1. The van der Waals surface area contributed by atoms with E-state index in [1.54, 1.807) is 12.1 Å². The Morgan fingerprint density at radius 3 is 2.39 bits per heavy atom. The van der Waals surface area contributed by atoms with E-state index in [2.05, 4.69) is 4.74 Å². The predicted octanol–water partition coefficient (Wildman–Crippen LogP) is 2.76. The minimum Gasteiger partial charge on any atom is -0.406 e. The summed E-state index contributed by atoms with van der Waals surface area (Å²) < 4.78 is 39.7. The minimum absolute atomic E-state index is 0.198. The van der Waals surface area contributed by atoms with Gasteiger partial charge in [-0.3, -0.25) is 0 Å². The lowest BCUT2D eigenvalue weighted by molar-refractivity contribution is -0.274. The van der Waals surface area contributed by atoms with Crippen LogP contribution in [0, 0.1) is 0 Å². The Hall–Kier alpha value is -1.69. The molecule has 3 nitrogen and oxygen atoms in total. The molecule has 0 unspecified atom stereocenters. The van der Waals surface area contributed by atoms with E-state index in [9.17, 15) is 13.2 Å². The predicted molar refractivity (Wildman–Crippen MR) is 60.4 cm³/mol. The maximum Gasteiger partial charge on any atom is 0.573 e. The SMILES string of the molecule is CN1CC=CN1Cc1ccc(OC(F)(F)F)cc1. The van der Waals surface area contributed by atoms with Gasteiger partial charge in [0.05, 0.1) is 6.54 Å². The largest absolute Gasteiger partial charge is 0.573 e. The molecule has 0 fully saturated rings. The van der Waals surface area contributed by atoms with Gasteiger partial charge in [-0.25, -0.2) is 5.01 Å². The van der Waals surface area contributed by atoms with Gasteiger partial charge < -0.3 is 9.75 Å². The summed E-state index contributed by atoms with van der Waals surface area (Å²) in [6, 6.07) is 5.90. The molecule has 0 saturated heterocycles. The van der Waals surface area contributed by atoms with E-state index in [0.29, 0.717) is 6.54 Å². The van der Waals surface area contributed by atoms with E-state index in [1.807, 2.05) is 29.3 Å². The van der Waals surface area contributed by atoms with E-state index in [0.717, 1.165) is 12.1 Å². The van der Waals surface area contributed by atoms with Crippen molar-refractivity contribution in [2.75, 3.05) is 13.6 Å². The zero-order valence-electron chi connectivity index (χ0n) is 9.81. The van der Waals surface area contributed by atoms with E-state index in [-0.39, 0.29) is 5.75 Å². The quantitative estimate of drug-likeness (QED) is 0.829. The first-order chi connectivity index (χ1) is 8.44. The van der Waals surface area contributed by atoms with Crippen LogP contribution in [-0.2, 0) is 6.54 Å². The summed E-state index contributed by atoms with van der Waals surface area (Å²) in [6.07, 6.45) is -0.680. The Bertz CT molecular complexity index is 428. The first kappa shape index (κ1) is 12.8. The molecule has 18 heavy (non-hydrogen) atoms. The highest BCUT2D eigenvalue weighted by atomic mass is 19.4. The summed E-state index contributed by atoms with van der Waals surface area (Å²) in [5.41, 5.74) is 0.919. The molecule has 1 aliphatic heterocycles. The Labute approximate surface area is 103 Å². The molecule has 1 aromatic carbocycles. The molecule has 0 amide bonds. The molecule has 0 spiro atoms. The van der Waals surface area contributed by atoms with Crippen molar-refractivity contribution in [3.63, 3.8) is 0 Å². The highest BCUT2D eigenvalue weighted by Crippen LogP contribution is 2.23. The number of rotatable bonds is 3. The molecular formula is C12H13F3N2O. The number of benzene rings is 1. The Morgan fingerprint density at radius 1 is 1.22 bits per heavy atom. The minimum atomic E-state index is -4.64. The van der Waals surface area contributed by atoms with Gasteiger partial charge in [-0.15, -0.1) is 13.2 Å². The van der Waals surface area contributed by atoms with Crippen LogP contribution in [0.1, 0.15) is 5.56 Å². The second-order valence-electron chi connectivity index (χ2n) is 4.01. The third-order valence-electron chi connectivity index (χ3n) is 2.59. The third kappa shape index (κ3) is 3.40. The number of alkyl halides is 3. The molecule has 0 atom stereocenters. The Balaban J connectivity index is 1.97. The summed E-state index contributed by atoms with van der Waals surface area (Å²) in [6.45, 7) is 1.47. The van der Waals surface area contributed by atoms with Crippen LogP contribution in [0.5, 0.6) is 5.75 Å². The van der Waals surface area contributed by atoms with Crippen molar-refractivity contribution in [2.45, 2.75) is 12.9 Å². The summed E-state index contributed by atoms with van der Waals surface area (Å²) >= 11 is 0. The van der Waals surface area contributed by atoms with E-state index in [4.69, 9.17) is 0 Å². The molecule has 98 valence electrons.